The Morgan fingerprint density at radius 2 is 2.22 bits per heavy atom. The summed E-state index contributed by atoms with van der Waals surface area (Å²) in [7, 11) is 0. The van der Waals surface area contributed by atoms with Crippen LogP contribution in [0.5, 0.6) is 0 Å². The number of anilines is 1. The first-order valence-corrected chi connectivity index (χ1v) is 5.68. The number of benzene rings is 1. The Kier molecular flexibility index (Phi) is 3.78. The third-order valence-corrected chi connectivity index (χ3v) is 2.77. The minimum absolute atomic E-state index is 0.123. The lowest BCUT2D eigenvalue weighted by Crippen LogP contribution is -2.30. The maximum absolute atomic E-state index is 11.6. The van der Waals surface area contributed by atoms with Gasteiger partial charge in [0.25, 0.3) is 0 Å². The van der Waals surface area contributed by atoms with E-state index < -0.39 is 5.91 Å². The first-order valence-electron chi connectivity index (χ1n) is 5.68. The summed E-state index contributed by atoms with van der Waals surface area (Å²) in [4.78, 5) is 26.7. The molecule has 1 unspecified atom stereocenters. The molecule has 18 heavy (non-hydrogen) atoms. The van der Waals surface area contributed by atoms with Gasteiger partial charge in [0, 0.05) is 24.6 Å². The summed E-state index contributed by atoms with van der Waals surface area (Å²) in [6.45, 7) is 0.411. The van der Waals surface area contributed by atoms with E-state index >= 15 is 0 Å². The molecular formula is C12H15N3O3. The Balaban J connectivity index is 1.84. The van der Waals surface area contributed by atoms with E-state index in [2.05, 4.69) is 15.6 Å². The topological polar surface area (TPSA) is 93.5 Å². The SMILES string of the molecule is NC(=O)CONC(=O)CC1CNc2ccccc21. The van der Waals surface area contributed by atoms with Gasteiger partial charge in [-0.15, -0.1) is 0 Å². The van der Waals surface area contributed by atoms with Gasteiger partial charge in [0.05, 0.1) is 0 Å². The fraction of sp³-hybridized carbons (Fsp3) is 0.333. The van der Waals surface area contributed by atoms with Gasteiger partial charge in [-0.05, 0) is 11.6 Å². The van der Waals surface area contributed by atoms with E-state index in [1.54, 1.807) is 0 Å². The number of primary amides is 1. The summed E-state index contributed by atoms with van der Waals surface area (Å²) >= 11 is 0. The molecule has 0 saturated carbocycles. The van der Waals surface area contributed by atoms with E-state index in [9.17, 15) is 9.59 Å². The monoisotopic (exact) mass is 249 g/mol. The zero-order chi connectivity index (χ0) is 13.0. The highest BCUT2D eigenvalue weighted by Crippen LogP contribution is 2.32. The number of nitrogens with two attached hydrogens (primary N) is 1. The van der Waals surface area contributed by atoms with Gasteiger partial charge in [0.1, 0.15) is 0 Å². The van der Waals surface area contributed by atoms with Crippen LogP contribution < -0.4 is 16.5 Å². The molecule has 1 aliphatic rings. The first kappa shape index (κ1) is 12.4. The number of para-hydroxylation sites is 1. The second kappa shape index (κ2) is 5.50. The van der Waals surface area contributed by atoms with Gasteiger partial charge >= 0.3 is 0 Å². The van der Waals surface area contributed by atoms with Crippen molar-refractivity contribution in [2.75, 3.05) is 18.5 Å². The van der Waals surface area contributed by atoms with E-state index in [1.165, 1.54) is 0 Å². The maximum Gasteiger partial charge on any atom is 0.246 e. The molecule has 1 heterocycles. The number of nitrogens with one attached hydrogen (secondary N) is 2. The molecule has 1 aromatic carbocycles. The number of amides is 2. The fourth-order valence-electron chi connectivity index (χ4n) is 1.99. The van der Waals surface area contributed by atoms with Crippen LogP contribution in [0.3, 0.4) is 0 Å². The summed E-state index contributed by atoms with van der Waals surface area (Å²) in [5.41, 5.74) is 9.28. The molecule has 0 spiro atoms. The molecule has 0 aromatic heterocycles. The van der Waals surface area contributed by atoms with Crippen molar-refractivity contribution in [3.8, 4) is 0 Å². The number of hydrogen-bond acceptors (Lipinski definition) is 4. The van der Waals surface area contributed by atoms with Crippen LogP contribution in [0.2, 0.25) is 0 Å². The van der Waals surface area contributed by atoms with Crippen molar-refractivity contribution in [3.05, 3.63) is 29.8 Å². The lowest BCUT2D eigenvalue weighted by atomic mass is 9.98. The molecule has 6 nitrogen and oxygen atoms in total. The Morgan fingerprint density at radius 3 is 3.00 bits per heavy atom. The van der Waals surface area contributed by atoms with Gasteiger partial charge in [-0.25, -0.2) is 5.48 Å². The number of hydrogen-bond donors (Lipinski definition) is 3. The fourth-order valence-corrected chi connectivity index (χ4v) is 1.99. The van der Waals surface area contributed by atoms with Crippen molar-refractivity contribution in [1.82, 2.24) is 5.48 Å². The normalized spacial score (nSPS) is 16.8. The lowest BCUT2D eigenvalue weighted by molar-refractivity contribution is -0.138. The molecule has 1 aliphatic heterocycles. The van der Waals surface area contributed by atoms with Gasteiger partial charge < -0.3 is 11.1 Å². The van der Waals surface area contributed by atoms with Crippen LogP contribution in [-0.4, -0.2) is 25.0 Å². The third kappa shape index (κ3) is 2.98. The Hall–Kier alpha value is -2.08. The van der Waals surface area contributed by atoms with Crippen molar-refractivity contribution in [1.29, 1.82) is 0 Å². The highest BCUT2D eigenvalue weighted by molar-refractivity contribution is 5.78. The van der Waals surface area contributed by atoms with Crippen molar-refractivity contribution < 1.29 is 14.4 Å². The Bertz CT molecular complexity index is 462. The predicted octanol–water partition coefficient (Wildman–Crippen LogP) is 0.119. The van der Waals surface area contributed by atoms with Crippen molar-refractivity contribution >= 4 is 17.5 Å². The summed E-state index contributed by atoms with van der Waals surface area (Å²) in [6.07, 6.45) is 0.308. The smallest absolute Gasteiger partial charge is 0.246 e. The highest BCUT2D eigenvalue weighted by Gasteiger charge is 2.23. The molecule has 96 valence electrons. The van der Waals surface area contributed by atoms with E-state index in [0.29, 0.717) is 6.42 Å². The molecule has 6 heteroatoms. The molecule has 0 fully saturated rings. The molecule has 0 bridgehead atoms. The zero-order valence-corrected chi connectivity index (χ0v) is 9.81. The minimum atomic E-state index is -0.622. The zero-order valence-electron chi connectivity index (χ0n) is 9.81. The largest absolute Gasteiger partial charge is 0.384 e. The van der Waals surface area contributed by atoms with Crippen LogP contribution in [0.25, 0.3) is 0 Å². The van der Waals surface area contributed by atoms with E-state index in [0.717, 1.165) is 17.8 Å². The Morgan fingerprint density at radius 1 is 1.44 bits per heavy atom. The number of rotatable bonds is 5. The van der Waals surface area contributed by atoms with E-state index in [4.69, 9.17) is 5.73 Å². The van der Waals surface area contributed by atoms with Crippen LogP contribution in [0.4, 0.5) is 5.69 Å². The minimum Gasteiger partial charge on any atom is -0.384 e. The van der Waals surface area contributed by atoms with Gasteiger partial charge in [0.2, 0.25) is 11.8 Å². The van der Waals surface area contributed by atoms with Crippen molar-refractivity contribution in [2.45, 2.75) is 12.3 Å². The molecule has 4 N–H and O–H groups in total. The number of fused-ring (bicyclic) bond motifs is 1. The number of hydroxylamine groups is 1. The lowest BCUT2D eigenvalue weighted by Gasteiger charge is -2.09. The van der Waals surface area contributed by atoms with E-state index in [-0.39, 0.29) is 18.4 Å². The first-order chi connectivity index (χ1) is 8.66. The average Bonchev–Trinajstić information content (AvgIpc) is 2.72. The maximum atomic E-state index is 11.6. The molecule has 0 aliphatic carbocycles. The molecule has 1 atom stereocenters. The molecule has 2 rings (SSSR count). The van der Waals surface area contributed by atoms with Crippen LogP contribution in [0, 0.1) is 0 Å². The average molecular weight is 249 g/mol. The van der Waals surface area contributed by atoms with Gasteiger partial charge in [-0.1, -0.05) is 18.2 Å². The van der Waals surface area contributed by atoms with Gasteiger partial charge in [-0.2, -0.15) is 0 Å². The van der Waals surface area contributed by atoms with Crippen molar-refractivity contribution in [2.24, 2.45) is 5.73 Å². The highest BCUT2D eigenvalue weighted by atomic mass is 16.7. The Labute approximate surface area is 104 Å². The number of carbonyl (C=O) groups excluding carboxylic acids is 2. The standard InChI is InChI=1S/C12H15N3O3/c13-11(16)7-18-15-12(17)5-8-6-14-10-4-2-1-3-9(8)10/h1-4,8,14H,5-7H2,(H2,13,16)(H,15,17). The molecule has 2 amide bonds. The van der Waals surface area contributed by atoms with Crippen LogP contribution in [-0.2, 0) is 14.4 Å². The van der Waals surface area contributed by atoms with Gasteiger partial charge in [0.15, 0.2) is 6.61 Å². The van der Waals surface area contributed by atoms with Crippen molar-refractivity contribution in [3.63, 3.8) is 0 Å². The summed E-state index contributed by atoms with van der Waals surface area (Å²) in [6, 6.07) is 7.87. The number of carbonyl (C=O) groups is 2. The molecule has 1 aromatic rings. The molecule has 0 saturated heterocycles. The summed E-state index contributed by atoms with van der Waals surface area (Å²) in [5.74, 6) is -0.763. The van der Waals surface area contributed by atoms with Crippen LogP contribution >= 0.6 is 0 Å². The van der Waals surface area contributed by atoms with Gasteiger partial charge in [-0.3, -0.25) is 14.4 Å². The predicted molar refractivity (Wildman–Crippen MR) is 65.6 cm³/mol. The van der Waals surface area contributed by atoms with Crippen LogP contribution in [0.15, 0.2) is 24.3 Å². The second-order valence-corrected chi connectivity index (χ2v) is 4.15. The summed E-state index contributed by atoms with van der Waals surface area (Å²) in [5, 5.41) is 3.23. The van der Waals surface area contributed by atoms with E-state index in [1.807, 2.05) is 24.3 Å². The quantitative estimate of drug-likeness (QED) is 0.646. The third-order valence-electron chi connectivity index (χ3n) is 2.77. The second-order valence-electron chi connectivity index (χ2n) is 4.15. The summed E-state index contributed by atoms with van der Waals surface area (Å²) < 4.78 is 0. The van der Waals surface area contributed by atoms with Crippen LogP contribution in [0.1, 0.15) is 17.9 Å². The molecular weight excluding hydrogens is 234 g/mol. The molecule has 0 radical (unpaired) electrons.